The topological polar surface area (TPSA) is 73.7 Å². The Morgan fingerprint density at radius 2 is 1.95 bits per heavy atom. The van der Waals surface area contributed by atoms with Gasteiger partial charge < -0.3 is 10.0 Å². The Morgan fingerprint density at radius 3 is 2.50 bits per heavy atom. The van der Waals surface area contributed by atoms with Crippen molar-refractivity contribution in [1.82, 2.24) is 14.8 Å². The molecule has 0 unspecified atom stereocenters. The standard InChI is InChI=1S/C14H19N3O3/c1-11-2-3-12(15-10-11)13(18)4-5-16-6-8-17(9-7-16)14(19)20/h2-3,10H,4-9H2,1H3,(H,19,20). The number of Topliss-reactive ketones (excluding diaryl/α,β-unsaturated/α-hetero) is 1. The van der Waals surface area contributed by atoms with Crippen LogP contribution in [0, 0.1) is 6.92 Å². The van der Waals surface area contributed by atoms with E-state index in [0.29, 0.717) is 44.8 Å². The smallest absolute Gasteiger partial charge is 0.407 e. The van der Waals surface area contributed by atoms with Crippen LogP contribution >= 0.6 is 0 Å². The fraction of sp³-hybridized carbons (Fsp3) is 0.500. The van der Waals surface area contributed by atoms with Crippen LogP contribution in [0.5, 0.6) is 0 Å². The molecular formula is C14H19N3O3. The molecule has 1 aromatic rings. The summed E-state index contributed by atoms with van der Waals surface area (Å²) in [5.41, 5.74) is 1.53. The monoisotopic (exact) mass is 277 g/mol. The Kier molecular flexibility index (Phi) is 4.68. The summed E-state index contributed by atoms with van der Waals surface area (Å²) in [5.74, 6) is 0.0330. The van der Waals surface area contributed by atoms with Gasteiger partial charge in [0.15, 0.2) is 5.78 Å². The van der Waals surface area contributed by atoms with E-state index in [4.69, 9.17) is 5.11 Å². The summed E-state index contributed by atoms with van der Waals surface area (Å²) in [7, 11) is 0. The molecule has 6 heteroatoms. The van der Waals surface area contributed by atoms with Gasteiger partial charge in [-0.15, -0.1) is 0 Å². The van der Waals surface area contributed by atoms with Crippen molar-refractivity contribution >= 4 is 11.9 Å². The molecule has 1 saturated heterocycles. The predicted molar refractivity (Wildman–Crippen MR) is 74.0 cm³/mol. The number of rotatable bonds is 4. The SMILES string of the molecule is Cc1ccc(C(=O)CCN2CCN(C(=O)O)CC2)nc1. The van der Waals surface area contributed by atoms with E-state index >= 15 is 0 Å². The maximum Gasteiger partial charge on any atom is 0.407 e. The molecule has 1 amide bonds. The van der Waals surface area contributed by atoms with Gasteiger partial charge in [0.1, 0.15) is 5.69 Å². The van der Waals surface area contributed by atoms with Crippen LogP contribution in [-0.4, -0.2) is 64.5 Å². The quantitative estimate of drug-likeness (QED) is 0.839. The zero-order chi connectivity index (χ0) is 14.5. The highest BCUT2D eigenvalue weighted by molar-refractivity contribution is 5.94. The van der Waals surface area contributed by atoms with Gasteiger partial charge in [0.05, 0.1) is 0 Å². The van der Waals surface area contributed by atoms with Crippen LogP contribution in [0.1, 0.15) is 22.5 Å². The molecular weight excluding hydrogens is 258 g/mol. The summed E-state index contributed by atoms with van der Waals surface area (Å²) >= 11 is 0. The molecule has 108 valence electrons. The second kappa shape index (κ2) is 6.47. The summed E-state index contributed by atoms with van der Waals surface area (Å²) in [6, 6.07) is 3.63. The molecule has 20 heavy (non-hydrogen) atoms. The fourth-order valence-corrected chi connectivity index (χ4v) is 2.18. The number of carbonyl (C=O) groups is 2. The fourth-order valence-electron chi connectivity index (χ4n) is 2.18. The zero-order valence-corrected chi connectivity index (χ0v) is 11.6. The van der Waals surface area contributed by atoms with E-state index in [0.717, 1.165) is 5.56 Å². The number of aromatic nitrogens is 1. The first-order valence-corrected chi connectivity index (χ1v) is 6.72. The number of ketones is 1. The molecule has 0 bridgehead atoms. The average Bonchev–Trinajstić information content (AvgIpc) is 2.46. The number of hydrogen-bond acceptors (Lipinski definition) is 4. The molecule has 0 aliphatic carbocycles. The predicted octanol–water partition coefficient (Wildman–Crippen LogP) is 1.26. The molecule has 1 N–H and O–H groups in total. The highest BCUT2D eigenvalue weighted by atomic mass is 16.4. The highest BCUT2D eigenvalue weighted by Gasteiger charge is 2.20. The molecule has 2 heterocycles. The molecule has 2 rings (SSSR count). The van der Waals surface area contributed by atoms with Crippen molar-refractivity contribution < 1.29 is 14.7 Å². The van der Waals surface area contributed by atoms with Gasteiger partial charge in [0.2, 0.25) is 0 Å². The van der Waals surface area contributed by atoms with Crippen LogP contribution in [0.2, 0.25) is 0 Å². The molecule has 0 radical (unpaired) electrons. The van der Waals surface area contributed by atoms with Gasteiger partial charge in [-0.2, -0.15) is 0 Å². The zero-order valence-electron chi connectivity index (χ0n) is 11.6. The van der Waals surface area contributed by atoms with Gasteiger partial charge in [-0.3, -0.25) is 14.7 Å². The summed E-state index contributed by atoms with van der Waals surface area (Å²) in [6.45, 7) is 4.96. The lowest BCUT2D eigenvalue weighted by atomic mass is 10.1. The minimum atomic E-state index is -0.871. The highest BCUT2D eigenvalue weighted by Crippen LogP contribution is 2.06. The average molecular weight is 277 g/mol. The second-order valence-electron chi connectivity index (χ2n) is 5.01. The van der Waals surface area contributed by atoms with Gasteiger partial charge >= 0.3 is 6.09 Å². The Bertz CT molecular complexity index is 479. The lowest BCUT2D eigenvalue weighted by Crippen LogP contribution is -2.48. The van der Waals surface area contributed by atoms with Crippen molar-refractivity contribution in [2.75, 3.05) is 32.7 Å². The number of pyridine rings is 1. The second-order valence-corrected chi connectivity index (χ2v) is 5.01. The first-order valence-electron chi connectivity index (χ1n) is 6.72. The van der Waals surface area contributed by atoms with E-state index in [9.17, 15) is 9.59 Å². The van der Waals surface area contributed by atoms with Crippen molar-refractivity contribution in [2.24, 2.45) is 0 Å². The first-order chi connectivity index (χ1) is 9.56. The van der Waals surface area contributed by atoms with Crippen LogP contribution in [0.4, 0.5) is 4.79 Å². The number of carbonyl (C=O) groups excluding carboxylic acids is 1. The molecule has 0 saturated carbocycles. The number of carboxylic acid groups (broad SMARTS) is 1. The molecule has 1 fully saturated rings. The van der Waals surface area contributed by atoms with E-state index in [1.807, 2.05) is 13.0 Å². The van der Waals surface area contributed by atoms with E-state index < -0.39 is 6.09 Å². The van der Waals surface area contributed by atoms with Crippen molar-refractivity contribution in [3.63, 3.8) is 0 Å². The third-order valence-corrected chi connectivity index (χ3v) is 3.49. The minimum Gasteiger partial charge on any atom is -0.465 e. The summed E-state index contributed by atoms with van der Waals surface area (Å²) in [6.07, 6.45) is 1.24. The molecule has 1 aliphatic rings. The van der Waals surface area contributed by atoms with Gasteiger partial charge in [-0.1, -0.05) is 6.07 Å². The van der Waals surface area contributed by atoms with Crippen LogP contribution in [0.15, 0.2) is 18.3 Å². The van der Waals surface area contributed by atoms with Crippen LogP contribution in [0.3, 0.4) is 0 Å². The molecule has 1 aliphatic heterocycles. The van der Waals surface area contributed by atoms with E-state index in [1.165, 1.54) is 4.90 Å². The molecule has 1 aromatic heterocycles. The van der Waals surface area contributed by atoms with Crippen molar-refractivity contribution in [2.45, 2.75) is 13.3 Å². The molecule has 0 spiro atoms. The number of piperazine rings is 1. The Balaban J connectivity index is 1.77. The van der Waals surface area contributed by atoms with Crippen molar-refractivity contribution in [3.05, 3.63) is 29.6 Å². The lowest BCUT2D eigenvalue weighted by Gasteiger charge is -2.32. The Morgan fingerprint density at radius 1 is 1.25 bits per heavy atom. The van der Waals surface area contributed by atoms with Gasteiger partial charge in [0.25, 0.3) is 0 Å². The molecule has 0 aromatic carbocycles. The summed E-state index contributed by atoms with van der Waals surface area (Å²) in [5, 5.41) is 8.86. The largest absolute Gasteiger partial charge is 0.465 e. The Labute approximate surface area is 118 Å². The first kappa shape index (κ1) is 14.5. The van der Waals surface area contributed by atoms with Gasteiger partial charge in [0, 0.05) is 45.3 Å². The van der Waals surface area contributed by atoms with Crippen LogP contribution in [0.25, 0.3) is 0 Å². The Hall–Kier alpha value is -1.95. The lowest BCUT2D eigenvalue weighted by molar-refractivity contribution is 0.0895. The van der Waals surface area contributed by atoms with Crippen LogP contribution in [-0.2, 0) is 0 Å². The van der Waals surface area contributed by atoms with Gasteiger partial charge in [-0.25, -0.2) is 4.79 Å². The van der Waals surface area contributed by atoms with Gasteiger partial charge in [-0.05, 0) is 18.6 Å². The van der Waals surface area contributed by atoms with Crippen molar-refractivity contribution in [1.29, 1.82) is 0 Å². The number of hydrogen-bond donors (Lipinski definition) is 1. The van der Waals surface area contributed by atoms with Crippen LogP contribution < -0.4 is 0 Å². The normalized spacial score (nSPS) is 16.1. The third kappa shape index (κ3) is 3.77. The molecule has 6 nitrogen and oxygen atoms in total. The minimum absolute atomic E-state index is 0.0330. The number of amides is 1. The number of nitrogens with zero attached hydrogens (tertiary/aromatic N) is 3. The summed E-state index contributed by atoms with van der Waals surface area (Å²) < 4.78 is 0. The maximum atomic E-state index is 12.0. The molecule has 0 atom stereocenters. The van der Waals surface area contributed by atoms with E-state index in [2.05, 4.69) is 9.88 Å². The van der Waals surface area contributed by atoms with Crippen molar-refractivity contribution in [3.8, 4) is 0 Å². The third-order valence-electron chi connectivity index (χ3n) is 3.49. The number of aryl methyl sites for hydroxylation is 1. The summed E-state index contributed by atoms with van der Waals surface area (Å²) in [4.78, 5) is 30.4. The van der Waals surface area contributed by atoms with E-state index in [-0.39, 0.29) is 5.78 Å². The van der Waals surface area contributed by atoms with E-state index in [1.54, 1.807) is 12.3 Å². The maximum absolute atomic E-state index is 12.0.